The van der Waals surface area contributed by atoms with Crippen LogP contribution in [0.2, 0.25) is 0 Å². The second-order valence-electron chi connectivity index (χ2n) is 5.60. The summed E-state index contributed by atoms with van der Waals surface area (Å²) in [5.74, 6) is -0.268. The van der Waals surface area contributed by atoms with Crippen LogP contribution in [-0.4, -0.2) is 43.4 Å². The number of nitrogens with one attached hydrogen (secondary N) is 2. The number of ether oxygens (including phenoxy) is 2. The van der Waals surface area contributed by atoms with Gasteiger partial charge in [-0.2, -0.15) is 0 Å². The van der Waals surface area contributed by atoms with E-state index >= 15 is 0 Å². The van der Waals surface area contributed by atoms with Crippen molar-refractivity contribution in [1.29, 1.82) is 0 Å². The fourth-order valence-electron chi connectivity index (χ4n) is 2.51. The summed E-state index contributed by atoms with van der Waals surface area (Å²) in [6, 6.07) is 7.24. The molecule has 0 saturated heterocycles. The van der Waals surface area contributed by atoms with E-state index in [4.69, 9.17) is 9.47 Å². The monoisotopic (exact) mass is 347 g/mol. The van der Waals surface area contributed by atoms with Crippen LogP contribution >= 0.6 is 0 Å². The summed E-state index contributed by atoms with van der Waals surface area (Å²) < 4.78 is 11.8. The van der Waals surface area contributed by atoms with Gasteiger partial charge in [0, 0.05) is 43.0 Å². The van der Waals surface area contributed by atoms with Crippen molar-refractivity contribution in [2.75, 3.05) is 32.2 Å². The van der Waals surface area contributed by atoms with E-state index in [1.165, 1.54) is 0 Å². The van der Waals surface area contributed by atoms with Crippen LogP contribution < -0.4 is 10.6 Å². The fourth-order valence-corrected chi connectivity index (χ4v) is 2.51. The maximum atomic E-state index is 11.9. The first-order valence-electron chi connectivity index (χ1n) is 8.42. The van der Waals surface area contributed by atoms with Crippen molar-refractivity contribution in [3.63, 3.8) is 0 Å². The van der Waals surface area contributed by atoms with Crippen LogP contribution in [0.5, 0.6) is 0 Å². The summed E-state index contributed by atoms with van der Waals surface area (Å²) in [4.78, 5) is 23.5. The zero-order chi connectivity index (χ0) is 18.1. The standard InChI is InChI=1S/C18H25N3O4/c1-3-25-17(22)13-21-10-8-14-12-15(6-7-16(14)21)20-18(23)19-9-4-5-11-24-2/h6-8,10,12H,3-5,9,11,13H2,1-2H3,(H2,19,20,23). The second-order valence-corrected chi connectivity index (χ2v) is 5.60. The number of hydrogen-bond acceptors (Lipinski definition) is 4. The largest absolute Gasteiger partial charge is 0.465 e. The molecule has 7 nitrogen and oxygen atoms in total. The normalized spacial score (nSPS) is 10.6. The molecule has 0 aliphatic rings. The summed E-state index contributed by atoms with van der Waals surface area (Å²) >= 11 is 0. The summed E-state index contributed by atoms with van der Waals surface area (Å²) in [6.07, 6.45) is 3.62. The van der Waals surface area contributed by atoms with Crippen molar-refractivity contribution in [3.05, 3.63) is 30.5 Å². The summed E-state index contributed by atoms with van der Waals surface area (Å²) in [7, 11) is 1.66. The molecule has 0 atom stereocenters. The van der Waals surface area contributed by atoms with Crippen LogP contribution in [0.4, 0.5) is 10.5 Å². The Morgan fingerprint density at radius 3 is 2.80 bits per heavy atom. The number of aromatic nitrogens is 1. The van der Waals surface area contributed by atoms with Crippen molar-refractivity contribution in [3.8, 4) is 0 Å². The van der Waals surface area contributed by atoms with E-state index in [0.717, 1.165) is 23.7 Å². The van der Waals surface area contributed by atoms with Crippen LogP contribution in [0.1, 0.15) is 19.8 Å². The Kier molecular flexibility index (Phi) is 7.28. The van der Waals surface area contributed by atoms with Crippen molar-refractivity contribution in [2.24, 2.45) is 0 Å². The molecule has 25 heavy (non-hydrogen) atoms. The first kappa shape index (κ1) is 18.8. The topological polar surface area (TPSA) is 81.6 Å². The number of anilines is 1. The molecule has 0 unspecified atom stereocenters. The molecule has 2 N–H and O–H groups in total. The molecule has 7 heteroatoms. The summed E-state index contributed by atoms with van der Waals surface area (Å²) in [6.45, 7) is 3.63. The number of urea groups is 1. The van der Waals surface area contributed by atoms with Gasteiger partial charge in [-0.05, 0) is 44.0 Å². The van der Waals surface area contributed by atoms with Crippen LogP contribution in [0.25, 0.3) is 10.9 Å². The molecule has 2 aromatic rings. The molecule has 1 aromatic heterocycles. The third-order valence-corrected chi connectivity index (χ3v) is 3.69. The Morgan fingerprint density at radius 2 is 2.04 bits per heavy atom. The molecule has 1 aromatic carbocycles. The number of fused-ring (bicyclic) bond motifs is 1. The van der Waals surface area contributed by atoms with Gasteiger partial charge in [-0.25, -0.2) is 4.79 Å². The Hall–Kier alpha value is -2.54. The Bertz CT molecular complexity index is 711. The molecule has 0 fully saturated rings. The third kappa shape index (κ3) is 5.79. The molecule has 2 rings (SSSR count). The minimum Gasteiger partial charge on any atom is -0.465 e. The van der Waals surface area contributed by atoms with Crippen molar-refractivity contribution in [2.45, 2.75) is 26.3 Å². The van der Waals surface area contributed by atoms with Gasteiger partial charge in [0.15, 0.2) is 0 Å². The number of methoxy groups -OCH3 is 1. The minimum atomic E-state index is -0.268. The number of esters is 1. The van der Waals surface area contributed by atoms with E-state index in [9.17, 15) is 9.59 Å². The number of unbranched alkanes of at least 4 members (excludes halogenated alkanes) is 1. The number of carbonyl (C=O) groups excluding carboxylic acids is 2. The highest BCUT2D eigenvalue weighted by Gasteiger charge is 2.08. The maximum Gasteiger partial charge on any atom is 0.325 e. The van der Waals surface area contributed by atoms with Crippen LogP contribution in [0.3, 0.4) is 0 Å². The molecule has 1 heterocycles. The molecular weight excluding hydrogens is 322 g/mol. The van der Waals surface area contributed by atoms with Crippen LogP contribution in [0, 0.1) is 0 Å². The van der Waals surface area contributed by atoms with E-state index in [1.54, 1.807) is 14.0 Å². The average molecular weight is 347 g/mol. The van der Waals surface area contributed by atoms with Gasteiger partial charge in [0.25, 0.3) is 0 Å². The number of carbonyl (C=O) groups is 2. The zero-order valence-corrected chi connectivity index (χ0v) is 14.7. The van der Waals surface area contributed by atoms with Gasteiger partial charge in [0.2, 0.25) is 0 Å². The fraction of sp³-hybridized carbons (Fsp3) is 0.444. The second kappa shape index (κ2) is 9.68. The number of nitrogens with zero attached hydrogens (tertiary/aromatic N) is 1. The van der Waals surface area contributed by atoms with Gasteiger partial charge in [-0.3, -0.25) is 4.79 Å². The van der Waals surface area contributed by atoms with Crippen molar-refractivity contribution in [1.82, 2.24) is 9.88 Å². The molecule has 2 amide bonds. The number of benzene rings is 1. The molecular formula is C18H25N3O4. The third-order valence-electron chi connectivity index (χ3n) is 3.69. The van der Waals surface area contributed by atoms with Gasteiger partial charge < -0.3 is 24.7 Å². The van der Waals surface area contributed by atoms with Crippen LogP contribution in [-0.2, 0) is 20.8 Å². The first-order valence-corrected chi connectivity index (χ1v) is 8.42. The van der Waals surface area contributed by atoms with E-state index in [2.05, 4.69) is 10.6 Å². The number of amides is 2. The lowest BCUT2D eigenvalue weighted by molar-refractivity contribution is -0.143. The van der Waals surface area contributed by atoms with E-state index in [-0.39, 0.29) is 18.5 Å². The smallest absolute Gasteiger partial charge is 0.325 e. The van der Waals surface area contributed by atoms with Crippen molar-refractivity contribution < 1.29 is 19.1 Å². The summed E-state index contributed by atoms with van der Waals surface area (Å²) in [5, 5.41) is 6.57. The lowest BCUT2D eigenvalue weighted by atomic mass is 10.2. The highest BCUT2D eigenvalue weighted by atomic mass is 16.5. The van der Waals surface area contributed by atoms with E-state index < -0.39 is 0 Å². The molecule has 0 saturated carbocycles. The molecule has 0 bridgehead atoms. The predicted octanol–water partition coefficient (Wildman–Crippen LogP) is 2.75. The molecule has 0 radical (unpaired) electrons. The zero-order valence-electron chi connectivity index (χ0n) is 14.7. The SMILES string of the molecule is CCOC(=O)Cn1ccc2cc(NC(=O)NCCCCOC)ccc21. The van der Waals surface area contributed by atoms with Gasteiger partial charge in [0.1, 0.15) is 6.54 Å². The molecule has 0 spiro atoms. The molecule has 0 aliphatic heterocycles. The quantitative estimate of drug-likeness (QED) is 0.540. The Labute approximate surface area is 147 Å². The Morgan fingerprint density at radius 1 is 1.20 bits per heavy atom. The van der Waals surface area contributed by atoms with Crippen LogP contribution in [0.15, 0.2) is 30.5 Å². The predicted molar refractivity (Wildman–Crippen MR) is 96.7 cm³/mol. The minimum absolute atomic E-state index is 0.173. The lowest BCUT2D eigenvalue weighted by Gasteiger charge is -2.09. The highest BCUT2D eigenvalue weighted by molar-refractivity contribution is 5.93. The van der Waals surface area contributed by atoms with Gasteiger partial charge in [0.05, 0.1) is 6.61 Å². The summed E-state index contributed by atoms with van der Waals surface area (Å²) in [5.41, 5.74) is 1.62. The Balaban J connectivity index is 1.90. The van der Waals surface area contributed by atoms with Crippen molar-refractivity contribution >= 4 is 28.6 Å². The average Bonchev–Trinajstić information content (AvgIpc) is 2.97. The lowest BCUT2D eigenvalue weighted by Crippen LogP contribution is -2.29. The van der Waals surface area contributed by atoms with Gasteiger partial charge >= 0.3 is 12.0 Å². The van der Waals surface area contributed by atoms with Gasteiger partial charge in [-0.1, -0.05) is 0 Å². The molecule has 136 valence electrons. The number of hydrogen-bond donors (Lipinski definition) is 2. The molecule has 0 aliphatic carbocycles. The highest BCUT2D eigenvalue weighted by Crippen LogP contribution is 2.20. The first-order chi connectivity index (χ1) is 12.1. The van der Waals surface area contributed by atoms with Gasteiger partial charge in [-0.15, -0.1) is 0 Å². The maximum absolute atomic E-state index is 11.9. The van der Waals surface area contributed by atoms with E-state index in [0.29, 0.717) is 25.4 Å². The van der Waals surface area contributed by atoms with E-state index in [1.807, 2.05) is 35.0 Å². The number of rotatable bonds is 9.